The molecule has 2 atom stereocenters. The number of pyridine rings is 1. The molecule has 2 unspecified atom stereocenters. The van der Waals surface area contributed by atoms with Crippen molar-refractivity contribution < 1.29 is 4.79 Å². The largest absolute Gasteiger partial charge is 0.284 e. The maximum atomic E-state index is 12.0. The molecule has 1 aromatic heterocycles. The van der Waals surface area contributed by atoms with E-state index >= 15 is 0 Å². The molecular formula is C11H13N5O. The third-order valence-corrected chi connectivity index (χ3v) is 3.10. The summed E-state index contributed by atoms with van der Waals surface area (Å²) in [6.07, 6.45) is 8.24. The molecule has 17 heavy (non-hydrogen) atoms. The van der Waals surface area contributed by atoms with Crippen LogP contribution in [0.4, 0.5) is 0 Å². The third-order valence-electron chi connectivity index (χ3n) is 3.10. The number of carbonyl (C=O) groups is 1. The molecule has 2 aliphatic rings. The summed E-state index contributed by atoms with van der Waals surface area (Å²) in [6, 6.07) is 3.86. The summed E-state index contributed by atoms with van der Waals surface area (Å²) in [5.74, 6) is 5.56. The smallest absolute Gasteiger partial charge is 0.266 e. The number of aromatic nitrogens is 1. The number of nitrogens with two attached hydrogens (primary N) is 1. The summed E-state index contributed by atoms with van der Waals surface area (Å²) in [7, 11) is 0. The second kappa shape index (κ2) is 3.92. The van der Waals surface area contributed by atoms with Crippen molar-refractivity contribution in [3.05, 3.63) is 42.2 Å². The fraction of sp³-hybridized carbons (Fsp3) is 0.273. The average molecular weight is 231 g/mol. The van der Waals surface area contributed by atoms with E-state index < -0.39 is 0 Å². The standard InChI is InChI=1S/C11H13N5O/c12-15(11(17)8-4-6-13-7-5-8)16-10-3-1-2-9(10)14-16/h1-2,4-7,9-10,14H,3,12H2. The van der Waals surface area contributed by atoms with Crippen molar-refractivity contribution in [1.82, 2.24) is 20.6 Å². The highest BCUT2D eigenvalue weighted by atomic mass is 16.2. The molecule has 3 rings (SSSR count). The highest BCUT2D eigenvalue weighted by Gasteiger charge is 2.43. The molecule has 1 aromatic rings. The van der Waals surface area contributed by atoms with Crippen LogP contribution in [-0.2, 0) is 0 Å². The number of rotatable bonds is 2. The van der Waals surface area contributed by atoms with Crippen LogP contribution < -0.4 is 11.3 Å². The molecule has 3 N–H and O–H groups in total. The number of nitrogens with one attached hydrogen (secondary N) is 1. The van der Waals surface area contributed by atoms with E-state index in [0.717, 1.165) is 11.5 Å². The zero-order valence-electron chi connectivity index (χ0n) is 9.15. The van der Waals surface area contributed by atoms with E-state index in [1.54, 1.807) is 29.6 Å². The summed E-state index contributed by atoms with van der Waals surface area (Å²) < 4.78 is 0. The van der Waals surface area contributed by atoms with Crippen molar-refractivity contribution in [2.24, 2.45) is 5.84 Å². The maximum Gasteiger partial charge on any atom is 0.284 e. The lowest BCUT2D eigenvalue weighted by Gasteiger charge is -2.48. The molecule has 1 aliphatic carbocycles. The molecule has 1 amide bonds. The fourth-order valence-corrected chi connectivity index (χ4v) is 2.13. The number of hydrogen-bond acceptors (Lipinski definition) is 5. The molecule has 1 fully saturated rings. The molecule has 0 saturated carbocycles. The van der Waals surface area contributed by atoms with Crippen LogP contribution in [0.3, 0.4) is 0 Å². The molecule has 2 heterocycles. The van der Waals surface area contributed by atoms with Gasteiger partial charge in [-0.2, -0.15) is 5.12 Å². The van der Waals surface area contributed by atoms with Crippen molar-refractivity contribution in [3.8, 4) is 0 Å². The SMILES string of the molecule is NN(C(=O)c1ccncc1)N1NC2C=CCC21. The van der Waals surface area contributed by atoms with Gasteiger partial charge in [0.05, 0.1) is 12.1 Å². The lowest BCUT2D eigenvalue weighted by molar-refractivity contribution is -0.152. The first-order valence-corrected chi connectivity index (χ1v) is 5.48. The van der Waals surface area contributed by atoms with Crippen LogP contribution in [0.2, 0.25) is 0 Å². The number of nitrogens with zero attached hydrogens (tertiary/aromatic N) is 3. The third kappa shape index (κ3) is 1.62. The predicted octanol–water partition coefficient (Wildman–Crippen LogP) is -0.170. The van der Waals surface area contributed by atoms with Crippen LogP contribution in [0.25, 0.3) is 0 Å². The Balaban J connectivity index is 1.71. The van der Waals surface area contributed by atoms with Crippen LogP contribution in [-0.4, -0.2) is 33.2 Å². The molecular weight excluding hydrogens is 218 g/mol. The number of amides is 1. The number of hydrazine groups is 3. The highest BCUT2D eigenvalue weighted by Crippen LogP contribution is 2.25. The minimum Gasteiger partial charge on any atom is -0.266 e. The topological polar surface area (TPSA) is 74.5 Å². The fourth-order valence-electron chi connectivity index (χ4n) is 2.13. The number of hydrogen-bond donors (Lipinski definition) is 2. The zero-order chi connectivity index (χ0) is 11.8. The van der Waals surface area contributed by atoms with Gasteiger partial charge in [-0.1, -0.05) is 12.2 Å². The predicted molar refractivity (Wildman–Crippen MR) is 60.9 cm³/mol. The number of carbonyl (C=O) groups excluding carboxylic acids is 1. The van der Waals surface area contributed by atoms with Crippen molar-refractivity contribution >= 4 is 5.91 Å². The molecule has 6 heteroatoms. The molecule has 0 spiro atoms. The normalized spacial score (nSPS) is 26.4. The van der Waals surface area contributed by atoms with Gasteiger partial charge in [-0.3, -0.25) is 9.78 Å². The zero-order valence-corrected chi connectivity index (χ0v) is 9.15. The van der Waals surface area contributed by atoms with Crippen LogP contribution in [0.15, 0.2) is 36.7 Å². The van der Waals surface area contributed by atoms with Crippen molar-refractivity contribution in [1.29, 1.82) is 0 Å². The van der Waals surface area contributed by atoms with Crippen molar-refractivity contribution in [2.45, 2.75) is 18.5 Å². The van der Waals surface area contributed by atoms with Crippen LogP contribution >= 0.6 is 0 Å². The molecule has 1 aliphatic heterocycles. The molecule has 0 radical (unpaired) electrons. The van der Waals surface area contributed by atoms with Crippen LogP contribution in [0.5, 0.6) is 0 Å². The Bertz CT molecular complexity index is 460. The van der Waals surface area contributed by atoms with Gasteiger partial charge < -0.3 is 0 Å². The van der Waals surface area contributed by atoms with Gasteiger partial charge in [0, 0.05) is 18.0 Å². The van der Waals surface area contributed by atoms with Gasteiger partial charge in [-0.05, 0) is 18.6 Å². The second-order valence-electron chi connectivity index (χ2n) is 4.12. The van der Waals surface area contributed by atoms with E-state index in [9.17, 15) is 4.79 Å². The summed E-state index contributed by atoms with van der Waals surface area (Å²) in [6.45, 7) is 0. The summed E-state index contributed by atoms with van der Waals surface area (Å²) >= 11 is 0. The van der Waals surface area contributed by atoms with Crippen LogP contribution in [0, 0.1) is 0 Å². The first kappa shape index (κ1) is 10.4. The summed E-state index contributed by atoms with van der Waals surface area (Å²) in [5, 5.41) is 2.80. The van der Waals surface area contributed by atoms with Gasteiger partial charge >= 0.3 is 0 Å². The monoisotopic (exact) mass is 231 g/mol. The first-order valence-electron chi connectivity index (χ1n) is 5.48. The van der Waals surface area contributed by atoms with E-state index in [4.69, 9.17) is 5.84 Å². The highest BCUT2D eigenvalue weighted by molar-refractivity contribution is 5.93. The Morgan fingerprint density at radius 1 is 1.53 bits per heavy atom. The Morgan fingerprint density at radius 3 is 3.00 bits per heavy atom. The van der Waals surface area contributed by atoms with Gasteiger partial charge in [-0.25, -0.2) is 11.3 Å². The average Bonchev–Trinajstić information content (AvgIpc) is 2.71. The molecule has 1 saturated heterocycles. The lowest BCUT2D eigenvalue weighted by atomic mass is 10.1. The lowest BCUT2D eigenvalue weighted by Crippen LogP contribution is -2.74. The van der Waals surface area contributed by atoms with Crippen molar-refractivity contribution in [3.63, 3.8) is 0 Å². The molecule has 0 aromatic carbocycles. The first-order chi connectivity index (χ1) is 8.27. The van der Waals surface area contributed by atoms with E-state index in [0.29, 0.717) is 11.6 Å². The van der Waals surface area contributed by atoms with Gasteiger partial charge in [0.15, 0.2) is 0 Å². The minimum absolute atomic E-state index is 0.245. The van der Waals surface area contributed by atoms with E-state index in [-0.39, 0.29) is 11.9 Å². The van der Waals surface area contributed by atoms with Gasteiger partial charge in [0.1, 0.15) is 0 Å². The Morgan fingerprint density at radius 2 is 2.29 bits per heavy atom. The van der Waals surface area contributed by atoms with E-state index in [2.05, 4.69) is 22.6 Å². The second-order valence-corrected chi connectivity index (χ2v) is 4.12. The minimum atomic E-state index is -0.245. The van der Waals surface area contributed by atoms with Gasteiger partial charge in [0.2, 0.25) is 0 Å². The summed E-state index contributed by atoms with van der Waals surface area (Å²) in [4.78, 5) is 15.9. The van der Waals surface area contributed by atoms with E-state index in [1.807, 2.05) is 0 Å². The molecule has 0 bridgehead atoms. The summed E-state index contributed by atoms with van der Waals surface area (Å²) in [5.41, 5.74) is 3.63. The van der Waals surface area contributed by atoms with Gasteiger partial charge in [0.25, 0.3) is 5.91 Å². The number of fused-ring (bicyclic) bond motifs is 1. The molecule has 6 nitrogen and oxygen atoms in total. The Hall–Kier alpha value is -1.76. The van der Waals surface area contributed by atoms with Gasteiger partial charge in [-0.15, -0.1) is 5.12 Å². The maximum absolute atomic E-state index is 12.0. The Kier molecular flexibility index (Phi) is 2.40. The molecule has 88 valence electrons. The quantitative estimate of drug-likeness (QED) is 0.320. The van der Waals surface area contributed by atoms with E-state index in [1.165, 1.54) is 0 Å². The van der Waals surface area contributed by atoms with Crippen LogP contribution in [0.1, 0.15) is 16.8 Å². The Labute approximate surface area is 98.6 Å². The van der Waals surface area contributed by atoms with Crippen molar-refractivity contribution in [2.75, 3.05) is 0 Å².